The molecule has 23 heavy (non-hydrogen) atoms. The number of ether oxygens (including phenoxy) is 1. The van der Waals surface area contributed by atoms with Gasteiger partial charge in [-0.2, -0.15) is 0 Å². The lowest BCUT2D eigenvalue weighted by Crippen LogP contribution is -2.41. The van der Waals surface area contributed by atoms with Crippen molar-refractivity contribution >= 4 is 6.09 Å². The van der Waals surface area contributed by atoms with Crippen molar-refractivity contribution < 1.29 is 9.53 Å². The Hall–Kier alpha value is -1.55. The number of amides is 1. The lowest BCUT2D eigenvalue weighted by atomic mass is 10.0. The highest BCUT2D eigenvalue weighted by Gasteiger charge is 2.33. The van der Waals surface area contributed by atoms with Gasteiger partial charge in [0.2, 0.25) is 0 Å². The van der Waals surface area contributed by atoms with Crippen LogP contribution in [0.5, 0.6) is 0 Å². The van der Waals surface area contributed by atoms with E-state index < -0.39 is 5.60 Å². The van der Waals surface area contributed by atoms with Crippen molar-refractivity contribution in [3.63, 3.8) is 0 Å². The molecule has 2 aliphatic heterocycles. The van der Waals surface area contributed by atoms with E-state index in [1.165, 1.54) is 11.1 Å². The van der Waals surface area contributed by atoms with Crippen LogP contribution in [0, 0.1) is 0 Å². The Morgan fingerprint density at radius 3 is 2.26 bits per heavy atom. The van der Waals surface area contributed by atoms with Crippen LogP contribution in [0.15, 0.2) is 24.3 Å². The predicted octanol–water partition coefficient (Wildman–Crippen LogP) is 3.10. The average Bonchev–Trinajstić information content (AvgIpc) is 2.87. The van der Waals surface area contributed by atoms with Crippen LogP contribution in [0.4, 0.5) is 4.79 Å². The minimum atomic E-state index is -0.417. The van der Waals surface area contributed by atoms with Crippen LogP contribution < -0.4 is 0 Å². The first kappa shape index (κ1) is 16.3. The second-order valence-corrected chi connectivity index (χ2v) is 7.67. The molecule has 0 aromatic heterocycles. The Morgan fingerprint density at radius 1 is 1.09 bits per heavy atom. The highest BCUT2D eigenvalue weighted by Crippen LogP contribution is 2.22. The standard InChI is InChI=1S/C19H28N2O2/c1-19(2,3)23-18(22)21-13-10-17(14-21)20-11-8-15-6-4-5-7-16(15)9-12-20/h4-7,17H,8-14H2,1-3H3/t17-/m1/s1. The van der Waals surface area contributed by atoms with Crippen LogP contribution in [-0.4, -0.2) is 53.7 Å². The Morgan fingerprint density at radius 2 is 1.70 bits per heavy atom. The largest absolute Gasteiger partial charge is 0.444 e. The molecule has 4 heteroatoms. The first-order chi connectivity index (χ1) is 10.9. The number of rotatable bonds is 1. The van der Waals surface area contributed by atoms with Gasteiger partial charge in [-0.3, -0.25) is 4.90 Å². The zero-order chi connectivity index (χ0) is 16.4. The monoisotopic (exact) mass is 316 g/mol. The van der Waals surface area contributed by atoms with Gasteiger partial charge in [0.15, 0.2) is 0 Å². The molecule has 4 nitrogen and oxygen atoms in total. The Labute approximate surface area is 139 Å². The maximum absolute atomic E-state index is 12.2. The van der Waals surface area contributed by atoms with Crippen molar-refractivity contribution in [1.82, 2.24) is 9.80 Å². The summed E-state index contributed by atoms with van der Waals surface area (Å²) in [6, 6.07) is 9.24. The molecule has 1 atom stereocenters. The maximum Gasteiger partial charge on any atom is 0.410 e. The second-order valence-electron chi connectivity index (χ2n) is 7.67. The third-order valence-electron chi connectivity index (χ3n) is 4.79. The van der Waals surface area contributed by atoms with Crippen molar-refractivity contribution in [2.24, 2.45) is 0 Å². The molecule has 1 aromatic rings. The van der Waals surface area contributed by atoms with E-state index in [1.807, 2.05) is 25.7 Å². The van der Waals surface area contributed by atoms with Gasteiger partial charge in [0.25, 0.3) is 0 Å². The Kier molecular flexibility index (Phi) is 4.62. The lowest BCUT2D eigenvalue weighted by molar-refractivity contribution is 0.0280. The smallest absolute Gasteiger partial charge is 0.410 e. The van der Waals surface area contributed by atoms with E-state index in [9.17, 15) is 4.79 Å². The number of hydrogen-bond acceptors (Lipinski definition) is 3. The van der Waals surface area contributed by atoms with E-state index in [0.29, 0.717) is 6.04 Å². The topological polar surface area (TPSA) is 32.8 Å². The average molecular weight is 316 g/mol. The molecular weight excluding hydrogens is 288 g/mol. The van der Waals surface area contributed by atoms with Gasteiger partial charge in [0, 0.05) is 32.2 Å². The third-order valence-corrected chi connectivity index (χ3v) is 4.79. The summed E-state index contributed by atoms with van der Waals surface area (Å²) in [5, 5.41) is 0. The van der Waals surface area contributed by atoms with E-state index in [1.54, 1.807) is 0 Å². The number of benzene rings is 1. The van der Waals surface area contributed by atoms with Crippen LogP contribution >= 0.6 is 0 Å². The molecule has 0 N–H and O–H groups in total. The van der Waals surface area contributed by atoms with Gasteiger partial charge in [-0.1, -0.05) is 24.3 Å². The molecule has 0 saturated carbocycles. The Balaban J connectivity index is 1.57. The van der Waals surface area contributed by atoms with Crippen LogP contribution in [0.3, 0.4) is 0 Å². The minimum Gasteiger partial charge on any atom is -0.444 e. The zero-order valence-electron chi connectivity index (χ0n) is 14.5. The fourth-order valence-corrected chi connectivity index (χ4v) is 3.58. The SMILES string of the molecule is CC(C)(C)OC(=O)N1CC[C@@H](N2CCc3ccccc3CC2)C1. The fourth-order valence-electron chi connectivity index (χ4n) is 3.58. The molecule has 1 amide bonds. The maximum atomic E-state index is 12.2. The third kappa shape index (κ3) is 4.05. The summed E-state index contributed by atoms with van der Waals surface area (Å²) in [6.07, 6.45) is 3.10. The zero-order valence-corrected chi connectivity index (χ0v) is 14.5. The fraction of sp³-hybridized carbons (Fsp3) is 0.632. The summed E-state index contributed by atoms with van der Waals surface area (Å²) in [5.41, 5.74) is 2.55. The van der Waals surface area contributed by atoms with E-state index in [-0.39, 0.29) is 6.09 Å². The number of fused-ring (bicyclic) bond motifs is 1. The number of likely N-dealkylation sites (tertiary alicyclic amines) is 1. The predicted molar refractivity (Wildman–Crippen MR) is 91.6 cm³/mol. The number of carbonyl (C=O) groups excluding carboxylic acids is 1. The summed E-state index contributed by atoms with van der Waals surface area (Å²) in [5.74, 6) is 0. The highest BCUT2D eigenvalue weighted by atomic mass is 16.6. The Bertz CT molecular complexity index is 538. The van der Waals surface area contributed by atoms with Crippen molar-refractivity contribution in [2.75, 3.05) is 26.2 Å². The molecule has 0 aliphatic carbocycles. The van der Waals surface area contributed by atoms with Gasteiger partial charge in [-0.25, -0.2) is 4.79 Å². The summed E-state index contributed by atoms with van der Waals surface area (Å²) < 4.78 is 5.50. The van der Waals surface area contributed by atoms with Gasteiger partial charge in [-0.05, 0) is 51.2 Å². The van der Waals surface area contributed by atoms with Crippen molar-refractivity contribution in [1.29, 1.82) is 0 Å². The molecule has 2 heterocycles. The first-order valence-corrected chi connectivity index (χ1v) is 8.71. The van der Waals surface area contributed by atoms with Gasteiger partial charge in [-0.15, -0.1) is 0 Å². The van der Waals surface area contributed by atoms with Gasteiger partial charge in [0.05, 0.1) is 0 Å². The van der Waals surface area contributed by atoms with Crippen LogP contribution in [-0.2, 0) is 17.6 Å². The first-order valence-electron chi connectivity index (χ1n) is 8.71. The van der Waals surface area contributed by atoms with Gasteiger partial charge in [0.1, 0.15) is 5.60 Å². The molecule has 0 spiro atoms. The van der Waals surface area contributed by atoms with Gasteiger partial charge >= 0.3 is 6.09 Å². The van der Waals surface area contributed by atoms with Crippen LogP contribution in [0.25, 0.3) is 0 Å². The number of hydrogen-bond donors (Lipinski definition) is 0. The van der Waals surface area contributed by atoms with E-state index in [4.69, 9.17) is 4.74 Å². The molecule has 3 rings (SSSR count). The summed E-state index contributed by atoms with van der Waals surface area (Å²) in [7, 11) is 0. The quantitative estimate of drug-likeness (QED) is 0.798. The van der Waals surface area contributed by atoms with E-state index >= 15 is 0 Å². The summed E-state index contributed by atoms with van der Waals surface area (Å²) in [6.45, 7) is 9.54. The molecule has 2 aliphatic rings. The highest BCUT2D eigenvalue weighted by molar-refractivity contribution is 5.68. The molecule has 1 saturated heterocycles. The molecule has 126 valence electrons. The molecule has 0 bridgehead atoms. The van der Waals surface area contributed by atoms with Crippen molar-refractivity contribution in [3.05, 3.63) is 35.4 Å². The summed E-state index contributed by atoms with van der Waals surface area (Å²) in [4.78, 5) is 16.6. The number of nitrogens with zero attached hydrogens (tertiary/aromatic N) is 2. The minimum absolute atomic E-state index is 0.168. The lowest BCUT2D eigenvalue weighted by Gasteiger charge is -2.28. The van der Waals surface area contributed by atoms with E-state index in [2.05, 4.69) is 29.2 Å². The molecular formula is C19H28N2O2. The number of carbonyl (C=O) groups is 1. The van der Waals surface area contributed by atoms with Gasteiger partial charge < -0.3 is 9.64 Å². The molecule has 0 unspecified atom stereocenters. The second kappa shape index (κ2) is 6.52. The van der Waals surface area contributed by atoms with E-state index in [0.717, 1.165) is 45.4 Å². The molecule has 1 aromatic carbocycles. The van der Waals surface area contributed by atoms with Crippen LogP contribution in [0.2, 0.25) is 0 Å². The van der Waals surface area contributed by atoms with Crippen LogP contribution in [0.1, 0.15) is 38.3 Å². The molecule has 1 fully saturated rings. The summed E-state index contributed by atoms with van der Waals surface area (Å²) >= 11 is 0. The van der Waals surface area contributed by atoms with Crippen molar-refractivity contribution in [3.8, 4) is 0 Å². The molecule has 0 radical (unpaired) electrons. The normalized spacial score (nSPS) is 22.6. The van der Waals surface area contributed by atoms with Crippen molar-refractivity contribution in [2.45, 2.75) is 51.7 Å².